The van der Waals surface area contributed by atoms with Crippen LogP contribution in [0.5, 0.6) is 0 Å². The van der Waals surface area contributed by atoms with Gasteiger partial charge in [0, 0.05) is 30.9 Å². The summed E-state index contributed by atoms with van der Waals surface area (Å²) in [6.07, 6.45) is 1.28. The minimum absolute atomic E-state index is 0.504. The molecule has 1 N–H and O–H groups in total. The van der Waals surface area contributed by atoms with E-state index in [0.29, 0.717) is 24.7 Å². The Hall–Kier alpha value is -0.860. The van der Waals surface area contributed by atoms with Crippen molar-refractivity contribution in [1.82, 2.24) is 15.5 Å². The second-order valence-electron chi connectivity index (χ2n) is 4.72. The molecule has 0 amide bonds. The van der Waals surface area contributed by atoms with Gasteiger partial charge in [0.2, 0.25) is 0 Å². The van der Waals surface area contributed by atoms with Crippen LogP contribution in [-0.2, 0) is 16.4 Å². The molecule has 0 aromatic carbocycles. The Morgan fingerprint density at radius 2 is 2.25 bits per heavy atom. The first-order valence-electron chi connectivity index (χ1n) is 6.59. The molecule has 0 aliphatic carbocycles. The van der Waals surface area contributed by atoms with Crippen LogP contribution in [0.2, 0.25) is 0 Å². The van der Waals surface area contributed by atoms with Gasteiger partial charge in [0.25, 0.3) is 0 Å². The molecule has 1 saturated heterocycles. The van der Waals surface area contributed by atoms with Crippen molar-refractivity contribution in [3.8, 4) is 0 Å². The molecule has 1 aliphatic heterocycles. The molecule has 6 nitrogen and oxygen atoms in total. The van der Waals surface area contributed by atoms with E-state index in [0.717, 1.165) is 18.0 Å². The van der Waals surface area contributed by atoms with E-state index in [1.54, 1.807) is 11.8 Å². The first-order chi connectivity index (χ1) is 9.52. The lowest BCUT2D eigenvalue weighted by Crippen LogP contribution is -2.47. The maximum Gasteiger partial charge on any atom is 0.169 e. The van der Waals surface area contributed by atoms with Crippen LogP contribution in [0.4, 0.5) is 5.82 Å². The number of hydrogen-bond acceptors (Lipinski definition) is 7. The standard InChI is InChI=1S/C12H20N4O2S2/c1-3-13-8-10-4-5-11(15-14-10)16-6-7-19-9-12(16)20(2,17)18/h4-5,12-13H,3,6-9H2,1-2H3. The maximum atomic E-state index is 11.9. The van der Waals surface area contributed by atoms with Crippen molar-refractivity contribution in [2.45, 2.75) is 18.8 Å². The smallest absolute Gasteiger partial charge is 0.169 e. The summed E-state index contributed by atoms with van der Waals surface area (Å²) >= 11 is 1.66. The largest absolute Gasteiger partial charge is 0.337 e. The SMILES string of the molecule is CCNCc1ccc(N2CCSCC2S(C)(=O)=O)nn1. The summed E-state index contributed by atoms with van der Waals surface area (Å²) in [7, 11) is -3.12. The molecular formula is C12H20N4O2S2. The highest BCUT2D eigenvalue weighted by Gasteiger charge is 2.31. The lowest BCUT2D eigenvalue weighted by molar-refractivity contribution is 0.583. The Balaban J connectivity index is 2.16. The minimum atomic E-state index is -3.12. The normalized spacial score (nSPS) is 20.1. The molecule has 1 aromatic rings. The molecule has 2 rings (SSSR count). The molecule has 2 heterocycles. The van der Waals surface area contributed by atoms with Crippen LogP contribution < -0.4 is 10.2 Å². The van der Waals surface area contributed by atoms with Gasteiger partial charge in [-0.2, -0.15) is 16.9 Å². The van der Waals surface area contributed by atoms with Crippen LogP contribution in [0.3, 0.4) is 0 Å². The van der Waals surface area contributed by atoms with Crippen molar-refractivity contribution in [2.24, 2.45) is 0 Å². The number of nitrogens with one attached hydrogen (secondary N) is 1. The lowest BCUT2D eigenvalue weighted by atomic mass is 10.3. The number of nitrogens with zero attached hydrogens (tertiary/aromatic N) is 3. The Morgan fingerprint density at radius 1 is 1.45 bits per heavy atom. The summed E-state index contributed by atoms with van der Waals surface area (Å²) < 4.78 is 23.7. The van der Waals surface area contributed by atoms with Gasteiger partial charge in [-0.25, -0.2) is 8.42 Å². The summed E-state index contributed by atoms with van der Waals surface area (Å²) in [6.45, 7) is 4.27. The zero-order valence-electron chi connectivity index (χ0n) is 11.7. The number of anilines is 1. The van der Waals surface area contributed by atoms with Gasteiger partial charge >= 0.3 is 0 Å². The van der Waals surface area contributed by atoms with Crippen LogP contribution in [0, 0.1) is 0 Å². The molecule has 1 aromatic heterocycles. The Bertz CT molecular complexity index is 533. The first-order valence-corrected chi connectivity index (χ1v) is 9.70. The molecule has 1 unspecified atom stereocenters. The van der Waals surface area contributed by atoms with Gasteiger partial charge in [0.1, 0.15) is 5.37 Å². The molecule has 0 spiro atoms. The van der Waals surface area contributed by atoms with Crippen molar-refractivity contribution < 1.29 is 8.42 Å². The fourth-order valence-corrected chi connectivity index (χ4v) is 4.88. The molecule has 0 bridgehead atoms. The highest BCUT2D eigenvalue weighted by atomic mass is 32.2. The van der Waals surface area contributed by atoms with Crippen molar-refractivity contribution in [2.75, 3.05) is 35.8 Å². The third kappa shape index (κ3) is 3.83. The van der Waals surface area contributed by atoms with Gasteiger partial charge in [0.05, 0.1) is 5.69 Å². The molecule has 20 heavy (non-hydrogen) atoms. The van der Waals surface area contributed by atoms with Crippen LogP contribution in [-0.4, -0.2) is 54.8 Å². The molecule has 0 saturated carbocycles. The third-order valence-corrected chi connectivity index (χ3v) is 5.78. The van der Waals surface area contributed by atoms with E-state index in [2.05, 4.69) is 15.5 Å². The fraction of sp³-hybridized carbons (Fsp3) is 0.667. The average Bonchev–Trinajstić information content (AvgIpc) is 2.45. The van der Waals surface area contributed by atoms with E-state index in [1.165, 1.54) is 6.26 Å². The highest BCUT2D eigenvalue weighted by molar-refractivity contribution is 8.01. The van der Waals surface area contributed by atoms with Crippen LogP contribution in [0.1, 0.15) is 12.6 Å². The van der Waals surface area contributed by atoms with Crippen LogP contribution in [0.25, 0.3) is 0 Å². The summed E-state index contributed by atoms with van der Waals surface area (Å²) in [4.78, 5) is 1.84. The zero-order chi connectivity index (χ0) is 14.6. The van der Waals surface area contributed by atoms with Gasteiger partial charge in [-0.15, -0.1) is 5.10 Å². The molecule has 1 atom stereocenters. The Labute approximate surface area is 124 Å². The van der Waals surface area contributed by atoms with Gasteiger partial charge < -0.3 is 10.2 Å². The Kier molecular flexibility index (Phi) is 5.22. The van der Waals surface area contributed by atoms with E-state index >= 15 is 0 Å². The van der Waals surface area contributed by atoms with Gasteiger partial charge in [0.15, 0.2) is 15.7 Å². The maximum absolute atomic E-state index is 11.9. The van der Waals surface area contributed by atoms with Crippen molar-refractivity contribution >= 4 is 27.4 Å². The topological polar surface area (TPSA) is 75.2 Å². The van der Waals surface area contributed by atoms with E-state index in [4.69, 9.17) is 0 Å². The average molecular weight is 316 g/mol. The van der Waals surface area contributed by atoms with E-state index < -0.39 is 15.2 Å². The molecule has 8 heteroatoms. The van der Waals surface area contributed by atoms with E-state index in [9.17, 15) is 8.42 Å². The molecule has 1 fully saturated rings. The molecular weight excluding hydrogens is 296 g/mol. The predicted octanol–water partition coefficient (Wildman–Crippen LogP) is 0.510. The second-order valence-corrected chi connectivity index (χ2v) is 8.07. The first kappa shape index (κ1) is 15.5. The van der Waals surface area contributed by atoms with E-state index in [1.807, 2.05) is 24.0 Å². The highest BCUT2D eigenvalue weighted by Crippen LogP contribution is 2.24. The van der Waals surface area contributed by atoms with Crippen molar-refractivity contribution in [1.29, 1.82) is 0 Å². The number of rotatable bonds is 5. The summed E-state index contributed by atoms with van der Waals surface area (Å²) in [5, 5.41) is 11.0. The lowest BCUT2D eigenvalue weighted by Gasteiger charge is -2.34. The number of aromatic nitrogens is 2. The summed E-state index contributed by atoms with van der Waals surface area (Å²) in [5.74, 6) is 2.13. The summed E-state index contributed by atoms with van der Waals surface area (Å²) in [5.41, 5.74) is 0.859. The number of hydrogen-bond donors (Lipinski definition) is 1. The third-order valence-electron chi connectivity index (χ3n) is 3.13. The van der Waals surface area contributed by atoms with Crippen LogP contribution in [0.15, 0.2) is 12.1 Å². The molecule has 1 aliphatic rings. The van der Waals surface area contributed by atoms with Crippen molar-refractivity contribution in [3.05, 3.63) is 17.8 Å². The van der Waals surface area contributed by atoms with Gasteiger partial charge in [-0.1, -0.05) is 6.92 Å². The predicted molar refractivity (Wildman–Crippen MR) is 82.7 cm³/mol. The van der Waals surface area contributed by atoms with Gasteiger partial charge in [-0.05, 0) is 18.7 Å². The Morgan fingerprint density at radius 3 is 2.85 bits per heavy atom. The molecule has 112 valence electrons. The van der Waals surface area contributed by atoms with Crippen molar-refractivity contribution in [3.63, 3.8) is 0 Å². The van der Waals surface area contributed by atoms with E-state index in [-0.39, 0.29) is 0 Å². The second kappa shape index (κ2) is 6.73. The quantitative estimate of drug-likeness (QED) is 0.848. The zero-order valence-corrected chi connectivity index (χ0v) is 13.4. The minimum Gasteiger partial charge on any atom is -0.337 e. The molecule has 0 radical (unpaired) electrons. The fourth-order valence-electron chi connectivity index (χ4n) is 2.05. The number of sulfone groups is 1. The summed E-state index contributed by atoms with van der Waals surface area (Å²) in [6, 6.07) is 3.75. The monoisotopic (exact) mass is 316 g/mol. The van der Waals surface area contributed by atoms with Crippen LogP contribution >= 0.6 is 11.8 Å². The number of thioether (sulfide) groups is 1. The van der Waals surface area contributed by atoms with Gasteiger partial charge in [-0.3, -0.25) is 0 Å².